The predicted molar refractivity (Wildman–Crippen MR) is 111 cm³/mol. The van der Waals surface area contributed by atoms with Crippen LogP contribution in [-0.4, -0.2) is 45.1 Å². The minimum Gasteiger partial charge on any atom is -0.391 e. The lowest BCUT2D eigenvalue weighted by molar-refractivity contribution is 0.0669. The van der Waals surface area contributed by atoms with Gasteiger partial charge < -0.3 is 15.3 Å². The van der Waals surface area contributed by atoms with Gasteiger partial charge in [0.15, 0.2) is 0 Å². The highest BCUT2D eigenvalue weighted by Gasteiger charge is 2.28. The number of rotatable bonds is 6. The fourth-order valence-corrected chi connectivity index (χ4v) is 4.97. The standard InChI is InChI=1S/C20H29N5O2S/c26-17-7-2-1-6-16(17)25-20(27)9-8-18(23-25)24-11-4-3-5-15(24)13-21-14-19-22-10-12-28-19/h8-10,12,15-17,21,26H,1-7,11,13-14H2. The van der Waals surface area contributed by atoms with Crippen LogP contribution in [0.1, 0.15) is 56.0 Å². The first-order valence-electron chi connectivity index (χ1n) is 10.4. The van der Waals surface area contributed by atoms with Crippen molar-refractivity contribution in [3.8, 4) is 0 Å². The SMILES string of the molecule is O=c1ccc(N2CCCCC2CNCc2nccs2)nn1C1CCCCC1O. The van der Waals surface area contributed by atoms with Crippen LogP contribution in [0.4, 0.5) is 5.82 Å². The monoisotopic (exact) mass is 403 g/mol. The van der Waals surface area contributed by atoms with E-state index < -0.39 is 6.10 Å². The number of aromatic nitrogens is 3. The number of hydrogen-bond acceptors (Lipinski definition) is 7. The third kappa shape index (κ3) is 4.45. The molecule has 8 heteroatoms. The van der Waals surface area contributed by atoms with E-state index >= 15 is 0 Å². The van der Waals surface area contributed by atoms with Crippen molar-refractivity contribution < 1.29 is 5.11 Å². The predicted octanol–water partition coefficient (Wildman–Crippen LogP) is 2.32. The fourth-order valence-electron chi connectivity index (χ4n) is 4.38. The Morgan fingerprint density at radius 1 is 1.18 bits per heavy atom. The second-order valence-corrected chi connectivity index (χ2v) is 8.77. The van der Waals surface area contributed by atoms with Gasteiger partial charge in [-0.3, -0.25) is 4.79 Å². The number of aliphatic hydroxyl groups is 1. The maximum absolute atomic E-state index is 12.4. The van der Waals surface area contributed by atoms with Gasteiger partial charge in [0.25, 0.3) is 5.56 Å². The third-order valence-electron chi connectivity index (χ3n) is 5.88. The van der Waals surface area contributed by atoms with Gasteiger partial charge >= 0.3 is 0 Å². The molecule has 0 radical (unpaired) electrons. The number of nitrogens with one attached hydrogen (secondary N) is 1. The van der Waals surface area contributed by atoms with Crippen molar-refractivity contribution in [1.29, 1.82) is 0 Å². The summed E-state index contributed by atoms with van der Waals surface area (Å²) in [4.78, 5) is 19.1. The lowest BCUT2D eigenvalue weighted by Gasteiger charge is -2.37. The molecule has 1 aliphatic carbocycles. The van der Waals surface area contributed by atoms with Crippen LogP contribution in [0.3, 0.4) is 0 Å². The molecule has 2 aromatic heterocycles. The number of piperidine rings is 1. The van der Waals surface area contributed by atoms with Gasteiger partial charge in [-0.15, -0.1) is 11.3 Å². The van der Waals surface area contributed by atoms with Gasteiger partial charge in [-0.1, -0.05) is 12.8 Å². The van der Waals surface area contributed by atoms with Crippen molar-refractivity contribution in [3.63, 3.8) is 0 Å². The van der Waals surface area contributed by atoms with Gasteiger partial charge in [-0.25, -0.2) is 9.67 Å². The number of nitrogens with zero attached hydrogens (tertiary/aromatic N) is 4. The lowest BCUT2D eigenvalue weighted by Crippen LogP contribution is -2.47. The molecule has 28 heavy (non-hydrogen) atoms. The Bertz CT molecular complexity index is 809. The highest BCUT2D eigenvalue weighted by molar-refractivity contribution is 7.09. The van der Waals surface area contributed by atoms with Gasteiger partial charge in [0.05, 0.1) is 12.1 Å². The van der Waals surface area contributed by atoms with Crippen LogP contribution in [0.5, 0.6) is 0 Å². The van der Waals surface area contributed by atoms with E-state index in [9.17, 15) is 9.90 Å². The van der Waals surface area contributed by atoms with E-state index in [0.717, 1.165) is 69.0 Å². The maximum Gasteiger partial charge on any atom is 0.267 e. The van der Waals surface area contributed by atoms with Crippen molar-refractivity contribution in [2.24, 2.45) is 0 Å². The lowest BCUT2D eigenvalue weighted by atomic mass is 9.93. The molecule has 152 valence electrons. The molecule has 1 saturated carbocycles. The molecule has 0 spiro atoms. The molecule has 0 bridgehead atoms. The summed E-state index contributed by atoms with van der Waals surface area (Å²) in [6, 6.07) is 3.60. The second kappa shape index (κ2) is 9.15. The first-order valence-corrected chi connectivity index (χ1v) is 11.2. The van der Waals surface area contributed by atoms with E-state index in [0.29, 0.717) is 6.04 Å². The van der Waals surface area contributed by atoms with Crippen LogP contribution in [0.2, 0.25) is 0 Å². The molecule has 3 heterocycles. The van der Waals surface area contributed by atoms with Crippen molar-refractivity contribution in [3.05, 3.63) is 39.1 Å². The summed E-state index contributed by atoms with van der Waals surface area (Å²) in [6.07, 6.45) is 8.42. The molecule has 2 N–H and O–H groups in total. The topological polar surface area (TPSA) is 83.3 Å². The van der Waals surface area contributed by atoms with Crippen LogP contribution in [0.15, 0.2) is 28.5 Å². The minimum absolute atomic E-state index is 0.120. The van der Waals surface area contributed by atoms with Crippen molar-refractivity contribution in [2.45, 2.75) is 69.7 Å². The summed E-state index contributed by atoms with van der Waals surface area (Å²) in [5.74, 6) is 0.845. The number of hydrogen-bond donors (Lipinski definition) is 2. The third-order valence-corrected chi connectivity index (χ3v) is 6.66. The molecular formula is C20H29N5O2S. The molecule has 1 saturated heterocycles. The minimum atomic E-state index is -0.480. The highest BCUT2D eigenvalue weighted by Crippen LogP contribution is 2.28. The van der Waals surface area contributed by atoms with Gasteiger partial charge in [0.1, 0.15) is 10.8 Å². The molecule has 2 aliphatic rings. The van der Waals surface area contributed by atoms with Crippen molar-refractivity contribution >= 4 is 17.2 Å². The zero-order chi connectivity index (χ0) is 19.3. The Kier molecular flexibility index (Phi) is 6.39. The summed E-state index contributed by atoms with van der Waals surface area (Å²) >= 11 is 1.66. The van der Waals surface area contributed by atoms with E-state index in [1.807, 2.05) is 17.6 Å². The Hall–Kier alpha value is -1.77. The molecule has 7 nitrogen and oxygen atoms in total. The normalized spacial score (nSPS) is 25.8. The molecular weight excluding hydrogens is 374 g/mol. The second-order valence-electron chi connectivity index (χ2n) is 7.79. The van der Waals surface area contributed by atoms with E-state index in [-0.39, 0.29) is 11.6 Å². The Morgan fingerprint density at radius 2 is 2.04 bits per heavy atom. The smallest absolute Gasteiger partial charge is 0.267 e. The Balaban J connectivity index is 1.49. The molecule has 2 fully saturated rings. The first-order chi connectivity index (χ1) is 13.7. The quantitative estimate of drug-likeness (QED) is 0.770. The van der Waals surface area contributed by atoms with Gasteiger partial charge in [-0.2, -0.15) is 5.10 Å². The summed E-state index contributed by atoms with van der Waals surface area (Å²) in [7, 11) is 0. The summed E-state index contributed by atoms with van der Waals surface area (Å²) in [5, 5.41) is 21.7. The zero-order valence-corrected chi connectivity index (χ0v) is 17.0. The number of anilines is 1. The molecule has 1 aliphatic heterocycles. The summed E-state index contributed by atoms with van der Waals surface area (Å²) in [5.41, 5.74) is -0.120. The average molecular weight is 404 g/mol. The molecule has 3 atom stereocenters. The van der Waals surface area contributed by atoms with Crippen LogP contribution >= 0.6 is 11.3 Å². The molecule has 4 rings (SSSR count). The zero-order valence-electron chi connectivity index (χ0n) is 16.2. The van der Waals surface area contributed by atoms with E-state index in [1.165, 1.54) is 11.1 Å². The number of aliphatic hydroxyl groups excluding tert-OH is 1. The summed E-state index contributed by atoms with van der Waals surface area (Å²) < 4.78 is 1.54. The van der Waals surface area contributed by atoms with E-state index in [2.05, 4.69) is 15.2 Å². The largest absolute Gasteiger partial charge is 0.391 e. The molecule has 3 unspecified atom stereocenters. The van der Waals surface area contributed by atoms with Gasteiger partial charge in [0.2, 0.25) is 0 Å². The van der Waals surface area contributed by atoms with Gasteiger partial charge in [0, 0.05) is 43.3 Å². The van der Waals surface area contributed by atoms with Crippen molar-refractivity contribution in [1.82, 2.24) is 20.1 Å². The van der Waals surface area contributed by atoms with Crippen LogP contribution in [0, 0.1) is 0 Å². The highest BCUT2D eigenvalue weighted by atomic mass is 32.1. The van der Waals surface area contributed by atoms with Crippen LogP contribution in [-0.2, 0) is 6.54 Å². The van der Waals surface area contributed by atoms with E-state index in [1.54, 1.807) is 17.4 Å². The molecule has 2 aromatic rings. The molecule has 0 amide bonds. The van der Waals surface area contributed by atoms with Crippen molar-refractivity contribution in [2.75, 3.05) is 18.0 Å². The fraction of sp³-hybridized carbons (Fsp3) is 0.650. The van der Waals surface area contributed by atoms with Gasteiger partial charge in [-0.05, 0) is 38.2 Å². The average Bonchev–Trinajstić information content (AvgIpc) is 3.23. The Labute approximate surface area is 169 Å². The summed E-state index contributed by atoms with van der Waals surface area (Å²) in [6.45, 7) is 2.59. The van der Waals surface area contributed by atoms with E-state index in [4.69, 9.17) is 5.10 Å². The van der Waals surface area contributed by atoms with Crippen LogP contribution in [0.25, 0.3) is 0 Å². The number of thiazole rings is 1. The maximum atomic E-state index is 12.4. The Morgan fingerprint density at radius 3 is 2.86 bits per heavy atom. The van der Waals surface area contributed by atoms with Crippen LogP contribution < -0.4 is 15.8 Å². The molecule has 0 aromatic carbocycles. The first kappa shape index (κ1) is 19.5.